The van der Waals surface area contributed by atoms with Gasteiger partial charge in [-0.05, 0) is 18.2 Å². The van der Waals surface area contributed by atoms with E-state index in [0.29, 0.717) is 11.1 Å². The molecule has 1 heterocycles. The summed E-state index contributed by atoms with van der Waals surface area (Å²) in [6.45, 7) is 3.61. The molecule has 0 aliphatic heterocycles. The van der Waals surface area contributed by atoms with E-state index in [4.69, 9.17) is 0 Å². The molecule has 0 spiro atoms. The van der Waals surface area contributed by atoms with Crippen molar-refractivity contribution in [2.24, 2.45) is 0 Å². The van der Waals surface area contributed by atoms with Crippen LogP contribution in [0.3, 0.4) is 0 Å². The number of Topliss-reactive ketones (excluding diaryl/α,β-unsaturated/α-hetero) is 2. The standard InChI is InChI=1S/C16H8O2S/c1-8-15(17)10-6-7-12-13(14(10)16(8)18)9-4-2-3-5-11(9)19-12/h2-7H,1H2. The van der Waals surface area contributed by atoms with Gasteiger partial charge in [0.15, 0.2) is 11.6 Å². The zero-order valence-corrected chi connectivity index (χ0v) is 10.7. The zero-order chi connectivity index (χ0) is 13.1. The molecule has 3 heteroatoms. The van der Waals surface area contributed by atoms with Gasteiger partial charge in [0.05, 0.1) is 5.57 Å². The van der Waals surface area contributed by atoms with Crippen LogP contribution >= 0.6 is 11.3 Å². The third-order valence-electron chi connectivity index (χ3n) is 3.56. The maximum absolute atomic E-state index is 12.2. The molecule has 90 valence electrons. The Kier molecular flexibility index (Phi) is 1.90. The van der Waals surface area contributed by atoms with Crippen LogP contribution < -0.4 is 0 Å². The van der Waals surface area contributed by atoms with Crippen molar-refractivity contribution in [2.75, 3.05) is 0 Å². The molecular formula is C16H8O2S. The van der Waals surface area contributed by atoms with Gasteiger partial charge in [-0.15, -0.1) is 11.3 Å². The van der Waals surface area contributed by atoms with Gasteiger partial charge in [0, 0.05) is 31.3 Å². The van der Waals surface area contributed by atoms with Crippen LogP contribution in [0, 0.1) is 0 Å². The first-order valence-electron chi connectivity index (χ1n) is 5.91. The van der Waals surface area contributed by atoms with Gasteiger partial charge >= 0.3 is 0 Å². The first-order valence-corrected chi connectivity index (χ1v) is 6.72. The quantitative estimate of drug-likeness (QED) is 0.454. The number of hydrogen-bond acceptors (Lipinski definition) is 3. The average Bonchev–Trinajstić information content (AvgIpc) is 2.91. The van der Waals surface area contributed by atoms with Gasteiger partial charge in [-0.3, -0.25) is 9.59 Å². The Morgan fingerprint density at radius 1 is 0.895 bits per heavy atom. The number of carbonyl (C=O) groups is 2. The molecule has 0 atom stereocenters. The maximum Gasteiger partial charge on any atom is 0.197 e. The van der Waals surface area contributed by atoms with Crippen LogP contribution in [-0.4, -0.2) is 11.6 Å². The third kappa shape index (κ3) is 1.20. The lowest BCUT2D eigenvalue weighted by Gasteiger charge is -1.98. The predicted octanol–water partition coefficient (Wildman–Crippen LogP) is 3.99. The van der Waals surface area contributed by atoms with E-state index in [9.17, 15) is 9.59 Å². The molecule has 2 nitrogen and oxygen atoms in total. The van der Waals surface area contributed by atoms with Crippen molar-refractivity contribution in [2.45, 2.75) is 0 Å². The van der Waals surface area contributed by atoms with Gasteiger partial charge in [-0.25, -0.2) is 0 Å². The second-order valence-electron chi connectivity index (χ2n) is 4.60. The van der Waals surface area contributed by atoms with E-state index in [1.807, 2.05) is 30.3 Å². The number of ketones is 2. The van der Waals surface area contributed by atoms with Gasteiger partial charge in [-0.1, -0.05) is 24.8 Å². The van der Waals surface area contributed by atoms with Gasteiger partial charge in [0.25, 0.3) is 0 Å². The molecule has 1 aromatic heterocycles. The van der Waals surface area contributed by atoms with Crippen molar-refractivity contribution >= 4 is 43.1 Å². The molecule has 0 bridgehead atoms. The summed E-state index contributed by atoms with van der Waals surface area (Å²) in [5.74, 6) is -0.466. The van der Waals surface area contributed by atoms with E-state index in [-0.39, 0.29) is 17.1 Å². The van der Waals surface area contributed by atoms with Gasteiger partial charge in [0.2, 0.25) is 0 Å². The first-order chi connectivity index (χ1) is 9.18. The Balaban J connectivity index is 2.29. The molecule has 0 unspecified atom stereocenters. The zero-order valence-electron chi connectivity index (χ0n) is 9.90. The molecular weight excluding hydrogens is 256 g/mol. The SMILES string of the molecule is C=C1C(=O)c2ccc3sc4ccccc4c3c2C1=O. The van der Waals surface area contributed by atoms with Crippen molar-refractivity contribution < 1.29 is 9.59 Å². The highest BCUT2D eigenvalue weighted by atomic mass is 32.1. The fourth-order valence-corrected chi connectivity index (χ4v) is 3.77. The van der Waals surface area contributed by atoms with Crippen LogP contribution in [0.1, 0.15) is 20.7 Å². The number of thiophene rings is 1. The van der Waals surface area contributed by atoms with E-state index >= 15 is 0 Å². The number of benzene rings is 2. The van der Waals surface area contributed by atoms with Gasteiger partial charge in [-0.2, -0.15) is 0 Å². The van der Waals surface area contributed by atoms with E-state index in [0.717, 1.165) is 20.2 Å². The van der Waals surface area contributed by atoms with E-state index in [1.54, 1.807) is 17.4 Å². The Morgan fingerprint density at radius 3 is 2.53 bits per heavy atom. The lowest BCUT2D eigenvalue weighted by Crippen LogP contribution is -1.97. The molecule has 4 rings (SSSR count). The van der Waals surface area contributed by atoms with Crippen LogP contribution in [-0.2, 0) is 0 Å². The van der Waals surface area contributed by atoms with Crippen molar-refractivity contribution in [3.05, 3.63) is 59.7 Å². The van der Waals surface area contributed by atoms with Crippen molar-refractivity contribution in [3.8, 4) is 0 Å². The molecule has 0 radical (unpaired) electrons. The summed E-state index contributed by atoms with van der Waals surface area (Å²) in [5, 5.41) is 1.94. The number of rotatable bonds is 0. The molecule has 1 aliphatic rings. The second-order valence-corrected chi connectivity index (χ2v) is 5.68. The number of carbonyl (C=O) groups excluding carboxylic acids is 2. The molecule has 0 N–H and O–H groups in total. The molecule has 1 aliphatic carbocycles. The Hall–Kier alpha value is -2.26. The summed E-state index contributed by atoms with van der Waals surface area (Å²) in [6.07, 6.45) is 0. The summed E-state index contributed by atoms with van der Waals surface area (Å²) in [4.78, 5) is 24.2. The average molecular weight is 264 g/mol. The fourth-order valence-electron chi connectivity index (χ4n) is 2.66. The molecule has 0 saturated carbocycles. The van der Waals surface area contributed by atoms with Crippen molar-refractivity contribution in [1.82, 2.24) is 0 Å². The summed E-state index contributed by atoms with van der Waals surface area (Å²) < 4.78 is 2.17. The predicted molar refractivity (Wildman–Crippen MR) is 77.1 cm³/mol. The minimum absolute atomic E-state index is 0.0813. The van der Waals surface area contributed by atoms with E-state index < -0.39 is 0 Å². The number of fused-ring (bicyclic) bond motifs is 5. The Morgan fingerprint density at radius 2 is 1.68 bits per heavy atom. The molecule has 2 aromatic carbocycles. The minimum atomic E-state index is -0.239. The monoisotopic (exact) mass is 264 g/mol. The molecule has 0 saturated heterocycles. The normalized spacial score (nSPS) is 14.6. The first kappa shape index (κ1) is 10.6. The summed E-state index contributed by atoms with van der Waals surface area (Å²) in [5.41, 5.74) is 1.11. The largest absolute Gasteiger partial charge is 0.288 e. The number of allylic oxidation sites excluding steroid dienone is 1. The van der Waals surface area contributed by atoms with Crippen LogP contribution in [0.4, 0.5) is 0 Å². The highest BCUT2D eigenvalue weighted by molar-refractivity contribution is 7.25. The van der Waals surface area contributed by atoms with E-state index in [1.165, 1.54) is 0 Å². The second kappa shape index (κ2) is 3.39. The summed E-state index contributed by atoms with van der Waals surface area (Å²) in [6, 6.07) is 11.6. The van der Waals surface area contributed by atoms with Crippen LogP contribution in [0.2, 0.25) is 0 Å². The highest BCUT2D eigenvalue weighted by Crippen LogP contribution is 2.40. The van der Waals surface area contributed by atoms with E-state index in [2.05, 4.69) is 6.58 Å². The molecule has 0 amide bonds. The lowest BCUT2D eigenvalue weighted by molar-refractivity contribution is 0.0990. The Bertz CT molecular complexity index is 915. The fraction of sp³-hybridized carbons (Fsp3) is 0. The van der Waals surface area contributed by atoms with Crippen LogP contribution in [0.15, 0.2) is 48.6 Å². The third-order valence-corrected chi connectivity index (χ3v) is 4.70. The van der Waals surface area contributed by atoms with Crippen LogP contribution in [0.25, 0.3) is 20.2 Å². The van der Waals surface area contributed by atoms with Gasteiger partial charge in [0.1, 0.15) is 0 Å². The van der Waals surface area contributed by atoms with Gasteiger partial charge < -0.3 is 0 Å². The van der Waals surface area contributed by atoms with Crippen molar-refractivity contribution in [3.63, 3.8) is 0 Å². The smallest absolute Gasteiger partial charge is 0.197 e. The Labute approximate surface area is 113 Å². The summed E-state index contributed by atoms with van der Waals surface area (Å²) in [7, 11) is 0. The topological polar surface area (TPSA) is 34.1 Å². The lowest BCUT2D eigenvalue weighted by atomic mass is 10.0. The van der Waals surface area contributed by atoms with Crippen LogP contribution in [0.5, 0.6) is 0 Å². The number of hydrogen-bond donors (Lipinski definition) is 0. The summed E-state index contributed by atoms with van der Waals surface area (Å²) >= 11 is 1.64. The maximum atomic E-state index is 12.2. The molecule has 19 heavy (non-hydrogen) atoms. The van der Waals surface area contributed by atoms with Crippen molar-refractivity contribution in [1.29, 1.82) is 0 Å². The minimum Gasteiger partial charge on any atom is -0.288 e. The molecule has 3 aromatic rings. The highest BCUT2D eigenvalue weighted by Gasteiger charge is 2.34. The molecule has 0 fully saturated rings.